The second-order valence-electron chi connectivity index (χ2n) is 3.43. The summed E-state index contributed by atoms with van der Waals surface area (Å²) in [5, 5.41) is 8.81. The predicted molar refractivity (Wildman–Crippen MR) is 49.8 cm³/mol. The molecular weight excluding hydrogens is 166 g/mol. The van der Waals surface area contributed by atoms with Crippen LogP contribution in [0.2, 0.25) is 0 Å². The Kier molecular flexibility index (Phi) is 1.72. The van der Waals surface area contributed by atoms with Gasteiger partial charge in [-0.1, -0.05) is 6.07 Å². The van der Waals surface area contributed by atoms with Crippen molar-refractivity contribution in [3.05, 3.63) is 29.3 Å². The van der Waals surface area contributed by atoms with Gasteiger partial charge in [0.25, 0.3) is 0 Å². The third-order valence-corrected chi connectivity index (χ3v) is 2.36. The molecule has 13 heavy (non-hydrogen) atoms. The number of carboxylic acid groups (broad SMARTS) is 1. The average molecular weight is 177 g/mol. The lowest BCUT2D eigenvalue weighted by Gasteiger charge is -2.03. The molecule has 0 heterocycles. The molecule has 1 aromatic rings. The van der Waals surface area contributed by atoms with E-state index in [0.717, 1.165) is 5.56 Å². The van der Waals surface area contributed by atoms with Crippen molar-refractivity contribution in [2.45, 2.75) is 18.8 Å². The number of hydrogen-bond donors (Lipinski definition) is 2. The Morgan fingerprint density at radius 2 is 2.15 bits per heavy atom. The summed E-state index contributed by atoms with van der Waals surface area (Å²) in [7, 11) is 0. The van der Waals surface area contributed by atoms with Crippen LogP contribution in [-0.2, 0) is 0 Å². The van der Waals surface area contributed by atoms with E-state index in [1.165, 1.54) is 12.8 Å². The number of nitrogens with two attached hydrogens (primary N) is 1. The zero-order valence-corrected chi connectivity index (χ0v) is 7.16. The molecule has 3 heteroatoms. The molecule has 1 saturated carbocycles. The summed E-state index contributed by atoms with van der Waals surface area (Å²) in [6.45, 7) is 0. The number of rotatable bonds is 2. The molecule has 0 atom stereocenters. The van der Waals surface area contributed by atoms with Crippen LogP contribution in [-0.4, -0.2) is 11.1 Å². The van der Waals surface area contributed by atoms with Gasteiger partial charge < -0.3 is 10.8 Å². The second-order valence-corrected chi connectivity index (χ2v) is 3.43. The minimum atomic E-state index is -0.944. The Bertz CT molecular complexity index is 356. The molecule has 1 aliphatic rings. The van der Waals surface area contributed by atoms with E-state index >= 15 is 0 Å². The molecule has 2 rings (SSSR count). The van der Waals surface area contributed by atoms with Crippen LogP contribution in [0, 0.1) is 0 Å². The van der Waals surface area contributed by atoms with Crippen molar-refractivity contribution in [3.63, 3.8) is 0 Å². The number of nitrogen functional groups attached to an aromatic ring is 1. The molecule has 0 unspecified atom stereocenters. The Morgan fingerprint density at radius 1 is 1.46 bits per heavy atom. The first-order valence-electron chi connectivity index (χ1n) is 4.31. The van der Waals surface area contributed by atoms with Crippen LogP contribution in [0.3, 0.4) is 0 Å². The standard InChI is InChI=1S/C10H11NO2/c11-9-4-3-7(6-1-2-6)5-8(9)10(12)13/h3-6H,1-2,11H2,(H,12,13). The highest BCUT2D eigenvalue weighted by molar-refractivity contribution is 5.93. The molecule has 0 amide bonds. The quantitative estimate of drug-likeness (QED) is 0.677. The summed E-state index contributed by atoms with van der Waals surface area (Å²) >= 11 is 0. The first-order chi connectivity index (χ1) is 6.18. The summed E-state index contributed by atoms with van der Waals surface area (Å²) < 4.78 is 0. The van der Waals surface area contributed by atoms with E-state index in [4.69, 9.17) is 10.8 Å². The third-order valence-electron chi connectivity index (χ3n) is 2.36. The van der Waals surface area contributed by atoms with Crippen LogP contribution >= 0.6 is 0 Å². The first-order valence-corrected chi connectivity index (χ1v) is 4.31. The average Bonchev–Trinajstić information content (AvgIpc) is 2.87. The lowest BCUT2D eigenvalue weighted by molar-refractivity contribution is 0.0698. The van der Waals surface area contributed by atoms with Gasteiger partial charge in [0.05, 0.1) is 5.56 Å². The maximum atomic E-state index is 10.7. The summed E-state index contributed by atoms with van der Waals surface area (Å²) in [6.07, 6.45) is 2.34. The van der Waals surface area contributed by atoms with E-state index in [1.54, 1.807) is 12.1 Å². The zero-order valence-electron chi connectivity index (χ0n) is 7.16. The molecule has 68 valence electrons. The summed E-state index contributed by atoms with van der Waals surface area (Å²) in [4.78, 5) is 10.7. The monoisotopic (exact) mass is 177 g/mol. The largest absolute Gasteiger partial charge is 0.478 e. The zero-order chi connectivity index (χ0) is 9.42. The lowest BCUT2D eigenvalue weighted by Crippen LogP contribution is -2.02. The van der Waals surface area contributed by atoms with Gasteiger partial charge in [-0.15, -0.1) is 0 Å². The van der Waals surface area contributed by atoms with Crippen LogP contribution in [0.15, 0.2) is 18.2 Å². The van der Waals surface area contributed by atoms with Gasteiger partial charge in [0, 0.05) is 5.69 Å². The van der Waals surface area contributed by atoms with Crippen molar-refractivity contribution in [1.29, 1.82) is 0 Å². The van der Waals surface area contributed by atoms with Gasteiger partial charge in [0.1, 0.15) is 0 Å². The molecule has 0 spiro atoms. The number of carboxylic acids is 1. The number of benzene rings is 1. The van der Waals surface area contributed by atoms with E-state index < -0.39 is 5.97 Å². The number of anilines is 1. The van der Waals surface area contributed by atoms with Crippen LogP contribution in [0.4, 0.5) is 5.69 Å². The van der Waals surface area contributed by atoms with Crippen molar-refractivity contribution in [1.82, 2.24) is 0 Å². The fraction of sp³-hybridized carbons (Fsp3) is 0.300. The van der Waals surface area contributed by atoms with Gasteiger partial charge >= 0.3 is 5.97 Å². The molecule has 3 nitrogen and oxygen atoms in total. The van der Waals surface area contributed by atoms with Gasteiger partial charge in [-0.2, -0.15) is 0 Å². The van der Waals surface area contributed by atoms with Crippen molar-refractivity contribution in [2.24, 2.45) is 0 Å². The van der Waals surface area contributed by atoms with Crippen LogP contribution in [0.1, 0.15) is 34.7 Å². The molecule has 1 aliphatic carbocycles. The Morgan fingerprint density at radius 3 is 2.69 bits per heavy atom. The van der Waals surface area contributed by atoms with E-state index in [-0.39, 0.29) is 5.56 Å². The molecule has 0 bridgehead atoms. The summed E-state index contributed by atoms with van der Waals surface area (Å²) in [5.74, 6) is -0.376. The van der Waals surface area contributed by atoms with Crippen molar-refractivity contribution < 1.29 is 9.90 Å². The van der Waals surface area contributed by atoms with E-state index in [2.05, 4.69) is 0 Å². The number of aromatic carboxylic acids is 1. The maximum Gasteiger partial charge on any atom is 0.337 e. The fourth-order valence-electron chi connectivity index (χ4n) is 1.43. The van der Waals surface area contributed by atoms with Gasteiger partial charge in [-0.25, -0.2) is 4.79 Å². The van der Waals surface area contributed by atoms with Crippen LogP contribution < -0.4 is 5.73 Å². The molecule has 0 saturated heterocycles. The topological polar surface area (TPSA) is 63.3 Å². The van der Waals surface area contributed by atoms with Crippen molar-refractivity contribution in [2.75, 3.05) is 5.73 Å². The Hall–Kier alpha value is -1.51. The predicted octanol–water partition coefficient (Wildman–Crippen LogP) is 1.84. The Balaban J connectivity index is 2.41. The fourth-order valence-corrected chi connectivity index (χ4v) is 1.43. The van der Waals surface area contributed by atoms with Crippen molar-refractivity contribution in [3.8, 4) is 0 Å². The minimum absolute atomic E-state index is 0.226. The Labute approximate surface area is 76.2 Å². The number of hydrogen-bond acceptors (Lipinski definition) is 2. The molecule has 0 aromatic heterocycles. The third kappa shape index (κ3) is 1.49. The summed E-state index contributed by atoms with van der Waals surface area (Å²) in [6, 6.07) is 5.28. The normalized spacial score (nSPS) is 15.7. The van der Waals surface area contributed by atoms with Gasteiger partial charge in [0.15, 0.2) is 0 Å². The highest BCUT2D eigenvalue weighted by Crippen LogP contribution is 2.40. The first kappa shape index (κ1) is 8.10. The van der Waals surface area contributed by atoms with E-state index in [0.29, 0.717) is 11.6 Å². The summed E-state index contributed by atoms with van der Waals surface area (Å²) in [5.41, 5.74) is 7.20. The molecule has 1 aromatic carbocycles. The SMILES string of the molecule is Nc1ccc(C2CC2)cc1C(=O)O. The van der Waals surface area contributed by atoms with Crippen LogP contribution in [0.25, 0.3) is 0 Å². The van der Waals surface area contributed by atoms with Crippen LogP contribution in [0.5, 0.6) is 0 Å². The van der Waals surface area contributed by atoms with Gasteiger partial charge in [-0.3, -0.25) is 0 Å². The van der Waals surface area contributed by atoms with Gasteiger partial charge in [-0.05, 0) is 36.5 Å². The minimum Gasteiger partial charge on any atom is -0.478 e. The van der Waals surface area contributed by atoms with Gasteiger partial charge in [0.2, 0.25) is 0 Å². The number of carbonyl (C=O) groups is 1. The second kappa shape index (κ2) is 2.76. The smallest absolute Gasteiger partial charge is 0.337 e. The maximum absolute atomic E-state index is 10.7. The van der Waals surface area contributed by atoms with E-state index in [1.807, 2.05) is 6.07 Å². The molecule has 0 aliphatic heterocycles. The highest BCUT2D eigenvalue weighted by Gasteiger charge is 2.24. The lowest BCUT2D eigenvalue weighted by atomic mass is 10.1. The molecular formula is C10H11NO2. The van der Waals surface area contributed by atoms with Crippen molar-refractivity contribution >= 4 is 11.7 Å². The van der Waals surface area contributed by atoms with E-state index in [9.17, 15) is 4.79 Å². The molecule has 3 N–H and O–H groups in total. The molecule has 0 radical (unpaired) electrons. The highest BCUT2D eigenvalue weighted by atomic mass is 16.4. The molecule has 1 fully saturated rings.